The molecule has 0 bridgehead atoms. The lowest BCUT2D eigenvalue weighted by atomic mass is 10.1. The van der Waals surface area contributed by atoms with Crippen molar-refractivity contribution < 1.29 is 0 Å². The fourth-order valence-corrected chi connectivity index (χ4v) is 1.60. The zero-order valence-electron chi connectivity index (χ0n) is 9.65. The summed E-state index contributed by atoms with van der Waals surface area (Å²) in [5, 5.41) is 7.96. The molecule has 1 aromatic heterocycles. The number of unbranched alkanes of at least 4 members (excludes halogenated alkanes) is 5. The van der Waals surface area contributed by atoms with Crippen molar-refractivity contribution in [3.05, 3.63) is 11.9 Å². The summed E-state index contributed by atoms with van der Waals surface area (Å²) < 4.78 is 1.89. The SMILES string of the molecule is CCCCCCCCn1cc(CN)nn1. The van der Waals surface area contributed by atoms with Crippen molar-refractivity contribution in [1.82, 2.24) is 15.0 Å². The molecule has 0 aromatic carbocycles. The van der Waals surface area contributed by atoms with Gasteiger partial charge in [-0.1, -0.05) is 44.2 Å². The number of hydrogen-bond acceptors (Lipinski definition) is 3. The monoisotopic (exact) mass is 210 g/mol. The minimum Gasteiger partial charge on any atom is -0.325 e. The van der Waals surface area contributed by atoms with Crippen LogP contribution in [0.4, 0.5) is 0 Å². The molecule has 0 aliphatic carbocycles. The van der Waals surface area contributed by atoms with Crippen LogP contribution in [0.5, 0.6) is 0 Å². The van der Waals surface area contributed by atoms with Crippen molar-refractivity contribution >= 4 is 0 Å². The Kier molecular flexibility index (Phi) is 6.00. The van der Waals surface area contributed by atoms with Crippen molar-refractivity contribution in [1.29, 1.82) is 0 Å². The maximum atomic E-state index is 5.46. The fourth-order valence-electron chi connectivity index (χ4n) is 1.60. The van der Waals surface area contributed by atoms with E-state index in [0.717, 1.165) is 12.2 Å². The summed E-state index contributed by atoms with van der Waals surface area (Å²) in [6.07, 6.45) is 9.79. The average Bonchev–Trinajstić information content (AvgIpc) is 2.71. The third-order valence-corrected chi connectivity index (χ3v) is 2.54. The van der Waals surface area contributed by atoms with E-state index < -0.39 is 0 Å². The number of rotatable bonds is 8. The first-order chi connectivity index (χ1) is 7.36. The Balaban J connectivity index is 2.04. The summed E-state index contributed by atoms with van der Waals surface area (Å²) in [6, 6.07) is 0. The van der Waals surface area contributed by atoms with Gasteiger partial charge in [0.15, 0.2) is 0 Å². The van der Waals surface area contributed by atoms with Crippen LogP contribution in [0.25, 0.3) is 0 Å². The Labute approximate surface area is 91.9 Å². The minimum absolute atomic E-state index is 0.483. The Morgan fingerprint density at radius 2 is 1.93 bits per heavy atom. The Morgan fingerprint density at radius 3 is 2.60 bits per heavy atom. The highest BCUT2D eigenvalue weighted by Crippen LogP contribution is 2.05. The van der Waals surface area contributed by atoms with Gasteiger partial charge in [0.05, 0.1) is 5.69 Å². The molecule has 1 rings (SSSR count). The molecule has 2 N–H and O–H groups in total. The largest absolute Gasteiger partial charge is 0.325 e. The normalized spacial score (nSPS) is 10.8. The van der Waals surface area contributed by atoms with Gasteiger partial charge < -0.3 is 5.73 Å². The van der Waals surface area contributed by atoms with Crippen LogP contribution < -0.4 is 5.73 Å². The molecule has 0 amide bonds. The van der Waals surface area contributed by atoms with E-state index in [2.05, 4.69) is 17.2 Å². The molecule has 86 valence electrons. The fraction of sp³-hybridized carbons (Fsp3) is 0.818. The molecule has 0 saturated carbocycles. The second-order valence-corrected chi connectivity index (χ2v) is 3.94. The molecule has 4 nitrogen and oxygen atoms in total. The van der Waals surface area contributed by atoms with E-state index in [1.807, 2.05) is 10.9 Å². The summed E-state index contributed by atoms with van der Waals surface area (Å²) in [7, 11) is 0. The molecule has 0 atom stereocenters. The molecule has 1 heterocycles. The molecule has 0 spiro atoms. The lowest BCUT2D eigenvalue weighted by molar-refractivity contribution is 0.516. The van der Waals surface area contributed by atoms with E-state index >= 15 is 0 Å². The zero-order chi connectivity index (χ0) is 10.9. The molecule has 1 aromatic rings. The second-order valence-electron chi connectivity index (χ2n) is 3.94. The first-order valence-electron chi connectivity index (χ1n) is 5.96. The van der Waals surface area contributed by atoms with Crippen molar-refractivity contribution in [3.8, 4) is 0 Å². The summed E-state index contributed by atoms with van der Waals surface area (Å²) in [5.74, 6) is 0. The standard InChI is InChI=1S/C11H22N4/c1-2-3-4-5-6-7-8-15-10-11(9-12)13-14-15/h10H,2-9,12H2,1H3. The summed E-state index contributed by atoms with van der Waals surface area (Å²) in [5.41, 5.74) is 6.33. The zero-order valence-corrected chi connectivity index (χ0v) is 9.65. The van der Waals surface area contributed by atoms with Crippen LogP contribution in [0.3, 0.4) is 0 Å². The average molecular weight is 210 g/mol. The summed E-state index contributed by atoms with van der Waals surface area (Å²) >= 11 is 0. The molecule has 0 unspecified atom stereocenters. The molecule has 0 fully saturated rings. The molecule has 0 aliphatic rings. The van der Waals surface area contributed by atoms with E-state index in [-0.39, 0.29) is 0 Å². The van der Waals surface area contributed by atoms with E-state index in [4.69, 9.17) is 5.73 Å². The molecular weight excluding hydrogens is 188 g/mol. The van der Waals surface area contributed by atoms with Gasteiger partial charge in [0.2, 0.25) is 0 Å². The van der Waals surface area contributed by atoms with Crippen LogP contribution >= 0.6 is 0 Å². The molecule has 0 aliphatic heterocycles. The van der Waals surface area contributed by atoms with Crippen molar-refractivity contribution in [2.24, 2.45) is 5.73 Å². The quantitative estimate of drug-likeness (QED) is 0.668. The molecule has 0 radical (unpaired) electrons. The summed E-state index contributed by atoms with van der Waals surface area (Å²) in [4.78, 5) is 0. The third kappa shape index (κ3) is 4.93. The first-order valence-corrected chi connectivity index (χ1v) is 5.96. The van der Waals surface area contributed by atoms with Gasteiger partial charge >= 0.3 is 0 Å². The van der Waals surface area contributed by atoms with Crippen molar-refractivity contribution in [3.63, 3.8) is 0 Å². The number of aryl methyl sites for hydroxylation is 1. The Morgan fingerprint density at radius 1 is 1.20 bits per heavy atom. The van der Waals surface area contributed by atoms with Gasteiger partial charge in [0, 0.05) is 19.3 Å². The third-order valence-electron chi connectivity index (χ3n) is 2.54. The van der Waals surface area contributed by atoms with E-state index in [1.165, 1.54) is 38.5 Å². The van der Waals surface area contributed by atoms with Crippen LogP contribution in [-0.2, 0) is 13.1 Å². The van der Waals surface area contributed by atoms with E-state index in [0.29, 0.717) is 6.54 Å². The van der Waals surface area contributed by atoms with Gasteiger partial charge in [0.25, 0.3) is 0 Å². The smallest absolute Gasteiger partial charge is 0.0962 e. The van der Waals surface area contributed by atoms with Crippen LogP contribution in [0.2, 0.25) is 0 Å². The molecule has 15 heavy (non-hydrogen) atoms. The number of aromatic nitrogens is 3. The van der Waals surface area contributed by atoms with Gasteiger partial charge in [0.1, 0.15) is 0 Å². The van der Waals surface area contributed by atoms with Gasteiger partial charge in [-0.05, 0) is 6.42 Å². The van der Waals surface area contributed by atoms with Crippen LogP contribution in [0.1, 0.15) is 51.1 Å². The van der Waals surface area contributed by atoms with Crippen LogP contribution in [0, 0.1) is 0 Å². The van der Waals surface area contributed by atoms with Crippen LogP contribution in [-0.4, -0.2) is 15.0 Å². The Hall–Kier alpha value is -0.900. The highest BCUT2D eigenvalue weighted by atomic mass is 15.4. The predicted molar refractivity (Wildman–Crippen MR) is 61.3 cm³/mol. The minimum atomic E-state index is 0.483. The lowest BCUT2D eigenvalue weighted by Gasteiger charge is -2.00. The van der Waals surface area contributed by atoms with Crippen molar-refractivity contribution in [2.45, 2.75) is 58.5 Å². The molecule has 0 saturated heterocycles. The van der Waals surface area contributed by atoms with Crippen LogP contribution in [0.15, 0.2) is 6.20 Å². The van der Waals surface area contributed by atoms with E-state index in [9.17, 15) is 0 Å². The van der Waals surface area contributed by atoms with Gasteiger partial charge in [-0.25, -0.2) is 0 Å². The maximum Gasteiger partial charge on any atom is 0.0962 e. The van der Waals surface area contributed by atoms with Gasteiger partial charge in [-0.3, -0.25) is 4.68 Å². The maximum absolute atomic E-state index is 5.46. The van der Waals surface area contributed by atoms with E-state index in [1.54, 1.807) is 0 Å². The van der Waals surface area contributed by atoms with Gasteiger partial charge in [-0.2, -0.15) is 0 Å². The number of hydrogen-bond donors (Lipinski definition) is 1. The molecular formula is C11H22N4. The Bertz CT molecular complexity index is 257. The molecule has 4 heteroatoms. The first kappa shape index (κ1) is 12.2. The number of nitrogens with zero attached hydrogens (tertiary/aromatic N) is 3. The number of nitrogens with two attached hydrogens (primary N) is 1. The highest BCUT2D eigenvalue weighted by molar-refractivity contribution is 4.90. The lowest BCUT2D eigenvalue weighted by Crippen LogP contribution is -1.99. The van der Waals surface area contributed by atoms with Crippen molar-refractivity contribution in [2.75, 3.05) is 0 Å². The van der Waals surface area contributed by atoms with Gasteiger partial charge in [-0.15, -0.1) is 5.10 Å². The topological polar surface area (TPSA) is 56.7 Å². The second kappa shape index (κ2) is 7.40. The predicted octanol–water partition coefficient (Wildman–Crippen LogP) is 2.10. The summed E-state index contributed by atoms with van der Waals surface area (Å²) in [6.45, 7) is 3.69. The highest BCUT2D eigenvalue weighted by Gasteiger charge is 1.97.